The third-order valence-electron chi connectivity index (χ3n) is 4.38. The van der Waals surface area contributed by atoms with Crippen LogP contribution in [0.4, 0.5) is 5.82 Å². The molecule has 1 aliphatic carbocycles. The molecule has 2 heterocycles. The van der Waals surface area contributed by atoms with Crippen LogP contribution in [-0.2, 0) is 22.4 Å². The molecule has 2 aliphatic rings. The third kappa shape index (κ3) is 2.77. The Kier molecular flexibility index (Phi) is 3.89. The number of rotatable bonds is 2. The van der Waals surface area contributed by atoms with Gasteiger partial charge in [0.15, 0.2) is 5.82 Å². The fraction of sp³-hybridized carbons (Fsp3) is 0.562. The first-order chi connectivity index (χ1) is 10.2. The van der Waals surface area contributed by atoms with Crippen LogP contribution in [0, 0.1) is 17.2 Å². The quantitative estimate of drug-likeness (QED) is 0.903. The Morgan fingerprint density at radius 3 is 3.00 bits per heavy atom. The maximum atomic E-state index is 12.3. The molecule has 1 N–H and O–H groups in total. The molecule has 1 aromatic heterocycles. The molecular weight excluding hydrogens is 266 g/mol. The van der Waals surface area contributed by atoms with Crippen molar-refractivity contribution >= 4 is 11.7 Å². The number of nitrogens with one attached hydrogen (secondary N) is 1. The molecule has 5 heteroatoms. The summed E-state index contributed by atoms with van der Waals surface area (Å²) >= 11 is 0. The van der Waals surface area contributed by atoms with E-state index in [0.717, 1.165) is 43.4 Å². The van der Waals surface area contributed by atoms with E-state index in [0.29, 0.717) is 18.0 Å². The fourth-order valence-electron chi connectivity index (χ4n) is 3.10. The van der Waals surface area contributed by atoms with Gasteiger partial charge in [-0.2, -0.15) is 5.26 Å². The molecule has 2 atom stereocenters. The molecule has 1 saturated heterocycles. The lowest BCUT2D eigenvalue weighted by Crippen LogP contribution is -2.28. The van der Waals surface area contributed by atoms with Crippen LogP contribution in [0.1, 0.15) is 43.0 Å². The van der Waals surface area contributed by atoms with Crippen molar-refractivity contribution in [3.05, 3.63) is 22.9 Å². The van der Waals surface area contributed by atoms with Crippen LogP contribution in [-0.4, -0.2) is 23.6 Å². The molecule has 0 spiro atoms. The minimum absolute atomic E-state index is 0.0758. The molecule has 110 valence electrons. The van der Waals surface area contributed by atoms with Crippen molar-refractivity contribution in [1.82, 2.24) is 4.98 Å². The Bertz CT molecular complexity index is 606. The molecule has 1 fully saturated rings. The zero-order valence-electron chi connectivity index (χ0n) is 12.2. The predicted molar refractivity (Wildman–Crippen MR) is 77.7 cm³/mol. The van der Waals surface area contributed by atoms with E-state index in [1.807, 2.05) is 13.0 Å². The highest BCUT2D eigenvalue weighted by atomic mass is 16.5. The van der Waals surface area contributed by atoms with E-state index in [9.17, 15) is 10.1 Å². The maximum absolute atomic E-state index is 12.3. The van der Waals surface area contributed by atoms with Gasteiger partial charge in [0.1, 0.15) is 6.07 Å². The SMILES string of the molecule is CC1OCCC1C(=O)Nc1nc2c(cc1C#N)CCCC2. The van der Waals surface area contributed by atoms with Crippen LogP contribution in [0.2, 0.25) is 0 Å². The molecule has 1 aliphatic heterocycles. The summed E-state index contributed by atoms with van der Waals surface area (Å²) in [5, 5.41) is 12.1. The van der Waals surface area contributed by atoms with Crippen molar-refractivity contribution in [2.75, 3.05) is 11.9 Å². The minimum Gasteiger partial charge on any atom is -0.378 e. The smallest absolute Gasteiger partial charge is 0.231 e. The van der Waals surface area contributed by atoms with Gasteiger partial charge in [-0.3, -0.25) is 4.79 Å². The normalized spacial score (nSPS) is 24.2. The second-order valence-corrected chi connectivity index (χ2v) is 5.77. The lowest BCUT2D eigenvalue weighted by Gasteiger charge is -2.18. The molecule has 2 unspecified atom stereocenters. The summed E-state index contributed by atoms with van der Waals surface area (Å²) in [6, 6.07) is 4.03. The summed E-state index contributed by atoms with van der Waals surface area (Å²) in [6.45, 7) is 2.52. The van der Waals surface area contributed by atoms with Crippen LogP contribution >= 0.6 is 0 Å². The summed E-state index contributed by atoms with van der Waals surface area (Å²) in [7, 11) is 0. The van der Waals surface area contributed by atoms with Crippen LogP contribution in [0.3, 0.4) is 0 Å². The number of amides is 1. The highest BCUT2D eigenvalue weighted by molar-refractivity contribution is 5.93. The van der Waals surface area contributed by atoms with E-state index in [-0.39, 0.29) is 17.9 Å². The van der Waals surface area contributed by atoms with Gasteiger partial charge in [-0.15, -0.1) is 0 Å². The first kappa shape index (κ1) is 14.0. The summed E-state index contributed by atoms with van der Waals surface area (Å²) in [6.07, 6.45) is 4.80. The number of pyridine rings is 1. The number of aryl methyl sites for hydroxylation is 2. The number of nitriles is 1. The Hall–Kier alpha value is -1.93. The van der Waals surface area contributed by atoms with Gasteiger partial charge in [-0.25, -0.2) is 4.98 Å². The molecule has 5 nitrogen and oxygen atoms in total. The Balaban J connectivity index is 1.84. The van der Waals surface area contributed by atoms with Gasteiger partial charge in [0, 0.05) is 12.3 Å². The van der Waals surface area contributed by atoms with Crippen molar-refractivity contribution in [3.8, 4) is 6.07 Å². The zero-order chi connectivity index (χ0) is 14.8. The first-order valence-corrected chi connectivity index (χ1v) is 7.54. The van der Waals surface area contributed by atoms with E-state index in [4.69, 9.17) is 4.74 Å². The van der Waals surface area contributed by atoms with Crippen molar-refractivity contribution in [3.63, 3.8) is 0 Å². The lowest BCUT2D eigenvalue weighted by atomic mass is 9.95. The summed E-state index contributed by atoms with van der Waals surface area (Å²) < 4.78 is 5.43. The standard InChI is InChI=1S/C16H19N3O2/c1-10-13(6-7-21-10)16(20)19-15-12(9-17)8-11-4-2-3-5-14(11)18-15/h8,10,13H,2-7H2,1H3,(H,18,19,20). The van der Waals surface area contributed by atoms with E-state index < -0.39 is 0 Å². The number of carbonyl (C=O) groups is 1. The molecule has 0 saturated carbocycles. The Morgan fingerprint density at radius 2 is 2.29 bits per heavy atom. The molecular formula is C16H19N3O2. The number of carbonyl (C=O) groups excluding carboxylic acids is 1. The molecule has 0 radical (unpaired) electrons. The van der Waals surface area contributed by atoms with E-state index in [2.05, 4.69) is 16.4 Å². The number of fused-ring (bicyclic) bond motifs is 1. The average Bonchev–Trinajstić information content (AvgIpc) is 2.92. The van der Waals surface area contributed by atoms with Gasteiger partial charge >= 0.3 is 0 Å². The number of ether oxygens (including phenoxy) is 1. The van der Waals surface area contributed by atoms with Crippen molar-refractivity contribution < 1.29 is 9.53 Å². The Labute approximate surface area is 124 Å². The summed E-state index contributed by atoms with van der Waals surface area (Å²) in [5.74, 6) is 0.149. The van der Waals surface area contributed by atoms with Gasteiger partial charge in [-0.1, -0.05) is 0 Å². The highest BCUT2D eigenvalue weighted by Gasteiger charge is 2.31. The summed E-state index contributed by atoms with van der Waals surface area (Å²) in [5.41, 5.74) is 2.62. The number of aromatic nitrogens is 1. The van der Waals surface area contributed by atoms with E-state index >= 15 is 0 Å². The van der Waals surface area contributed by atoms with Gasteiger partial charge in [0.25, 0.3) is 0 Å². The minimum atomic E-state index is -0.158. The molecule has 0 aromatic carbocycles. The average molecular weight is 285 g/mol. The number of hydrogen-bond donors (Lipinski definition) is 1. The number of nitrogens with zero attached hydrogens (tertiary/aromatic N) is 2. The van der Waals surface area contributed by atoms with Crippen LogP contribution < -0.4 is 5.32 Å². The van der Waals surface area contributed by atoms with E-state index in [1.165, 1.54) is 0 Å². The molecule has 1 amide bonds. The molecule has 0 bridgehead atoms. The Morgan fingerprint density at radius 1 is 1.48 bits per heavy atom. The lowest BCUT2D eigenvalue weighted by molar-refractivity contribution is -0.121. The summed E-state index contributed by atoms with van der Waals surface area (Å²) in [4.78, 5) is 16.8. The second kappa shape index (κ2) is 5.82. The topological polar surface area (TPSA) is 75.0 Å². The maximum Gasteiger partial charge on any atom is 0.231 e. The van der Waals surface area contributed by atoms with Gasteiger partial charge < -0.3 is 10.1 Å². The van der Waals surface area contributed by atoms with Crippen molar-refractivity contribution in [2.45, 2.75) is 45.1 Å². The monoisotopic (exact) mass is 285 g/mol. The van der Waals surface area contributed by atoms with Crippen LogP contribution in [0.25, 0.3) is 0 Å². The second-order valence-electron chi connectivity index (χ2n) is 5.77. The highest BCUT2D eigenvalue weighted by Crippen LogP contribution is 2.26. The largest absolute Gasteiger partial charge is 0.378 e. The molecule has 3 rings (SSSR count). The van der Waals surface area contributed by atoms with Crippen LogP contribution in [0.5, 0.6) is 0 Å². The zero-order valence-corrected chi connectivity index (χ0v) is 12.2. The van der Waals surface area contributed by atoms with Crippen LogP contribution in [0.15, 0.2) is 6.07 Å². The van der Waals surface area contributed by atoms with Crippen molar-refractivity contribution in [1.29, 1.82) is 5.26 Å². The fourth-order valence-corrected chi connectivity index (χ4v) is 3.10. The van der Waals surface area contributed by atoms with Gasteiger partial charge in [0.05, 0.1) is 17.6 Å². The third-order valence-corrected chi connectivity index (χ3v) is 4.38. The predicted octanol–water partition coefficient (Wildman–Crippen LogP) is 2.20. The van der Waals surface area contributed by atoms with Crippen molar-refractivity contribution in [2.24, 2.45) is 5.92 Å². The van der Waals surface area contributed by atoms with Gasteiger partial charge in [0.2, 0.25) is 5.91 Å². The molecule has 1 aromatic rings. The number of hydrogen-bond acceptors (Lipinski definition) is 4. The van der Waals surface area contributed by atoms with E-state index in [1.54, 1.807) is 0 Å². The van der Waals surface area contributed by atoms with Gasteiger partial charge in [-0.05, 0) is 50.7 Å². The number of anilines is 1. The first-order valence-electron chi connectivity index (χ1n) is 7.54. The molecule has 21 heavy (non-hydrogen) atoms.